The number of ether oxygens (including phenoxy) is 1. The molecule has 1 saturated carbocycles. The van der Waals surface area contributed by atoms with E-state index in [0.717, 1.165) is 35.5 Å². The highest BCUT2D eigenvalue weighted by Crippen LogP contribution is 2.40. The van der Waals surface area contributed by atoms with Crippen LogP contribution in [0.1, 0.15) is 30.3 Å². The molecule has 1 fully saturated rings. The lowest BCUT2D eigenvalue weighted by molar-refractivity contribution is 0.257. The molecule has 0 N–H and O–H groups in total. The highest BCUT2D eigenvalue weighted by atomic mass is 16.5. The van der Waals surface area contributed by atoms with Crippen molar-refractivity contribution < 1.29 is 4.74 Å². The van der Waals surface area contributed by atoms with Gasteiger partial charge < -0.3 is 4.74 Å². The van der Waals surface area contributed by atoms with Gasteiger partial charge in [0.05, 0.1) is 5.69 Å². The Bertz CT molecular complexity index is 1100. The van der Waals surface area contributed by atoms with E-state index in [2.05, 4.69) is 30.6 Å². The number of pyridine rings is 1. The van der Waals surface area contributed by atoms with Gasteiger partial charge in [0.2, 0.25) is 5.82 Å². The van der Waals surface area contributed by atoms with Crippen molar-refractivity contribution in [1.82, 2.24) is 40.0 Å². The molecule has 0 saturated heterocycles. The van der Waals surface area contributed by atoms with Gasteiger partial charge in [-0.2, -0.15) is 0 Å². The van der Waals surface area contributed by atoms with E-state index in [1.165, 1.54) is 4.80 Å². The van der Waals surface area contributed by atoms with E-state index in [9.17, 15) is 0 Å². The van der Waals surface area contributed by atoms with E-state index >= 15 is 0 Å². The van der Waals surface area contributed by atoms with Crippen molar-refractivity contribution in [3.8, 4) is 23.1 Å². The van der Waals surface area contributed by atoms with Crippen LogP contribution in [0.5, 0.6) is 6.01 Å². The predicted molar refractivity (Wildman–Crippen MR) is 99.7 cm³/mol. The van der Waals surface area contributed by atoms with Crippen LogP contribution in [0.25, 0.3) is 17.1 Å². The topological polar surface area (TPSA) is 96.4 Å². The standard InChI is InChI=1S/C19H18N8O/c1-13-3-2-4-16(11-13)27-24-17(21-25-27)12-28-19-23-22-18(26(19)15-5-6-15)14-7-9-20-10-8-14/h2-4,7-11,15H,5-6,12H2,1H3. The number of nitrogens with zero attached hydrogens (tertiary/aromatic N) is 8. The van der Waals surface area contributed by atoms with Crippen LogP contribution in [-0.2, 0) is 6.61 Å². The number of aromatic nitrogens is 8. The van der Waals surface area contributed by atoms with E-state index in [0.29, 0.717) is 17.9 Å². The molecule has 3 heterocycles. The Morgan fingerprint density at radius 1 is 1.07 bits per heavy atom. The molecule has 0 aliphatic heterocycles. The van der Waals surface area contributed by atoms with Crippen LogP contribution in [0.15, 0.2) is 48.8 Å². The summed E-state index contributed by atoms with van der Waals surface area (Å²) in [7, 11) is 0. The maximum absolute atomic E-state index is 5.89. The van der Waals surface area contributed by atoms with Gasteiger partial charge >= 0.3 is 6.01 Å². The van der Waals surface area contributed by atoms with Gasteiger partial charge in [0, 0.05) is 24.0 Å². The van der Waals surface area contributed by atoms with Gasteiger partial charge in [-0.3, -0.25) is 9.55 Å². The van der Waals surface area contributed by atoms with E-state index in [-0.39, 0.29) is 6.61 Å². The van der Waals surface area contributed by atoms with Crippen LogP contribution in [0.2, 0.25) is 0 Å². The van der Waals surface area contributed by atoms with Gasteiger partial charge in [-0.1, -0.05) is 17.2 Å². The fourth-order valence-corrected chi connectivity index (χ4v) is 3.03. The fourth-order valence-electron chi connectivity index (χ4n) is 3.03. The normalized spacial score (nSPS) is 13.6. The molecule has 4 aromatic rings. The first-order valence-corrected chi connectivity index (χ1v) is 9.12. The summed E-state index contributed by atoms with van der Waals surface area (Å²) in [5, 5.41) is 21.1. The zero-order chi connectivity index (χ0) is 18.9. The lowest BCUT2D eigenvalue weighted by Crippen LogP contribution is -2.06. The summed E-state index contributed by atoms with van der Waals surface area (Å²) >= 11 is 0. The Labute approximate surface area is 161 Å². The third-order valence-electron chi connectivity index (χ3n) is 4.53. The second-order valence-corrected chi connectivity index (χ2v) is 6.77. The molecule has 9 heteroatoms. The smallest absolute Gasteiger partial charge is 0.317 e. The second kappa shape index (κ2) is 6.84. The third-order valence-corrected chi connectivity index (χ3v) is 4.53. The van der Waals surface area contributed by atoms with Crippen molar-refractivity contribution in [3.63, 3.8) is 0 Å². The number of aryl methyl sites for hydroxylation is 1. The van der Waals surface area contributed by atoms with Crippen LogP contribution < -0.4 is 4.74 Å². The van der Waals surface area contributed by atoms with Crippen molar-refractivity contribution in [3.05, 3.63) is 60.2 Å². The number of hydrogen-bond donors (Lipinski definition) is 0. The summed E-state index contributed by atoms with van der Waals surface area (Å²) in [6.07, 6.45) is 5.67. The Kier molecular flexibility index (Phi) is 4.04. The van der Waals surface area contributed by atoms with Crippen molar-refractivity contribution in [2.45, 2.75) is 32.4 Å². The maximum atomic E-state index is 5.89. The van der Waals surface area contributed by atoms with Gasteiger partial charge in [0.25, 0.3) is 0 Å². The SMILES string of the molecule is Cc1cccc(-n2nnc(COc3nnc(-c4ccncc4)n3C3CC3)n2)c1. The molecule has 0 bridgehead atoms. The number of tetrazole rings is 1. The summed E-state index contributed by atoms with van der Waals surface area (Å²) in [4.78, 5) is 5.56. The third kappa shape index (κ3) is 3.22. The van der Waals surface area contributed by atoms with Crippen LogP contribution >= 0.6 is 0 Å². The Hall–Kier alpha value is -3.62. The molecule has 5 rings (SSSR count). The minimum Gasteiger partial charge on any atom is -0.455 e. The minimum absolute atomic E-state index is 0.174. The van der Waals surface area contributed by atoms with E-state index in [1.807, 2.05) is 47.9 Å². The molecular weight excluding hydrogens is 356 g/mol. The summed E-state index contributed by atoms with van der Waals surface area (Å²) in [6, 6.07) is 12.6. The number of benzene rings is 1. The molecule has 1 aliphatic carbocycles. The van der Waals surface area contributed by atoms with Crippen LogP contribution in [-0.4, -0.2) is 40.0 Å². The zero-order valence-corrected chi connectivity index (χ0v) is 15.3. The highest BCUT2D eigenvalue weighted by Gasteiger charge is 2.31. The molecular formula is C19H18N8O. The average molecular weight is 374 g/mol. The lowest BCUT2D eigenvalue weighted by Gasteiger charge is -2.08. The van der Waals surface area contributed by atoms with Gasteiger partial charge in [0.1, 0.15) is 0 Å². The Morgan fingerprint density at radius 3 is 2.71 bits per heavy atom. The predicted octanol–water partition coefficient (Wildman–Crippen LogP) is 2.54. The molecule has 1 aromatic carbocycles. The average Bonchev–Trinajstić information content (AvgIpc) is 3.29. The van der Waals surface area contributed by atoms with Crippen LogP contribution in [0, 0.1) is 6.92 Å². The molecule has 9 nitrogen and oxygen atoms in total. The molecule has 0 amide bonds. The number of rotatable bonds is 6. The first-order chi connectivity index (χ1) is 13.8. The lowest BCUT2D eigenvalue weighted by atomic mass is 10.2. The van der Waals surface area contributed by atoms with E-state index < -0.39 is 0 Å². The molecule has 0 radical (unpaired) electrons. The largest absolute Gasteiger partial charge is 0.455 e. The molecule has 0 spiro atoms. The fraction of sp³-hybridized carbons (Fsp3) is 0.263. The minimum atomic E-state index is 0.174. The van der Waals surface area contributed by atoms with Crippen molar-refractivity contribution in [2.24, 2.45) is 0 Å². The summed E-state index contributed by atoms with van der Waals surface area (Å²) in [6.45, 7) is 2.20. The molecule has 0 atom stereocenters. The van der Waals surface area contributed by atoms with Gasteiger partial charge in [-0.05, 0) is 54.8 Å². The van der Waals surface area contributed by atoms with Gasteiger partial charge in [0.15, 0.2) is 12.4 Å². The molecule has 1 aliphatic rings. The first kappa shape index (κ1) is 16.5. The monoisotopic (exact) mass is 374 g/mol. The van der Waals surface area contributed by atoms with E-state index in [4.69, 9.17) is 4.74 Å². The molecule has 0 unspecified atom stereocenters. The molecule has 3 aromatic heterocycles. The van der Waals surface area contributed by atoms with Crippen molar-refractivity contribution in [2.75, 3.05) is 0 Å². The number of hydrogen-bond acceptors (Lipinski definition) is 7. The van der Waals surface area contributed by atoms with E-state index in [1.54, 1.807) is 12.4 Å². The van der Waals surface area contributed by atoms with Gasteiger partial charge in [-0.25, -0.2) is 0 Å². The van der Waals surface area contributed by atoms with Crippen LogP contribution in [0.4, 0.5) is 0 Å². The zero-order valence-electron chi connectivity index (χ0n) is 15.3. The van der Waals surface area contributed by atoms with Crippen molar-refractivity contribution >= 4 is 0 Å². The Morgan fingerprint density at radius 2 is 1.93 bits per heavy atom. The van der Waals surface area contributed by atoms with Gasteiger partial charge in [-0.15, -0.1) is 20.1 Å². The summed E-state index contributed by atoms with van der Waals surface area (Å²) in [5.74, 6) is 1.27. The summed E-state index contributed by atoms with van der Waals surface area (Å²) in [5.41, 5.74) is 2.96. The van der Waals surface area contributed by atoms with Crippen LogP contribution in [0.3, 0.4) is 0 Å². The quantitative estimate of drug-likeness (QED) is 0.511. The molecule has 140 valence electrons. The highest BCUT2D eigenvalue weighted by molar-refractivity contribution is 5.55. The Balaban J connectivity index is 1.36. The maximum Gasteiger partial charge on any atom is 0.317 e. The molecule has 28 heavy (non-hydrogen) atoms. The van der Waals surface area contributed by atoms with Crippen molar-refractivity contribution in [1.29, 1.82) is 0 Å². The second-order valence-electron chi connectivity index (χ2n) is 6.77. The summed E-state index contributed by atoms with van der Waals surface area (Å²) < 4.78 is 7.94. The first-order valence-electron chi connectivity index (χ1n) is 9.12.